The molecule has 62 valence electrons. The van der Waals surface area contributed by atoms with Crippen LogP contribution in [0.15, 0.2) is 12.3 Å². The Morgan fingerprint density at radius 3 is 3.00 bits per heavy atom. The summed E-state index contributed by atoms with van der Waals surface area (Å²) in [6.45, 7) is 0. The average Bonchev–Trinajstić information content (AvgIpc) is 2.16. The molecule has 0 fully saturated rings. The number of rotatable bonds is 2. The summed E-state index contributed by atoms with van der Waals surface area (Å²) >= 11 is 3.29. The molecule has 1 heterocycles. The van der Waals surface area contributed by atoms with Crippen molar-refractivity contribution in [3.05, 3.63) is 23.5 Å². The Hall–Kier alpha value is -1.08. The van der Waals surface area contributed by atoms with E-state index in [0.717, 1.165) is 5.56 Å². The highest BCUT2D eigenvalue weighted by Crippen LogP contribution is 2.20. The van der Waals surface area contributed by atoms with Crippen LogP contribution in [0, 0.1) is 11.3 Å². The first kappa shape index (κ1) is 9.01. The topological polar surface area (TPSA) is 45.9 Å². The van der Waals surface area contributed by atoms with Gasteiger partial charge < -0.3 is 4.74 Å². The molecular formula is C8H7BrN2O. The van der Waals surface area contributed by atoms with Crippen LogP contribution >= 0.6 is 15.9 Å². The zero-order chi connectivity index (χ0) is 8.97. The fourth-order valence-corrected chi connectivity index (χ4v) is 1.24. The summed E-state index contributed by atoms with van der Waals surface area (Å²) in [5.74, 6) is 0.693. The van der Waals surface area contributed by atoms with E-state index in [-0.39, 0.29) is 0 Å². The Kier molecular flexibility index (Phi) is 3.06. The van der Waals surface area contributed by atoms with Crippen LogP contribution in [-0.2, 0) is 5.33 Å². The van der Waals surface area contributed by atoms with Gasteiger partial charge in [0.1, 0.15) is 17.5 Å². The Labute approximate surface area is 79.1 Å². The highest BCUT2D eigenvalue weighted by molar-refractivity contribution is 9.08. The number of hydrogen-bond acceptors (Lipinski definition) is 3. The van der Waals surface area contributed by atoms with Gasteiger partial charge in [0.2, 0.25) is 0 Å². The molecule has 0 spiro atoms. The van der Waals surface area contributed by atoms with E-state index in [1.807, 2.05) is 6.07 Å². The Morgan fingerprint density at radius 2 is 2.50 bits per heavy atom. The predicted octanol–water partition coefficient (Wildman–Crippen LogP) is 1.86. The van der Waals surface area contributed by atoms with Crippen LogP contribution in [-0.4, -0.2) is 12.1 Å². The van der Waals surface area contributed by atoms with Gasteiger partial charge in [0.05, 0.1) is 7.11 Å². The number of hydrogen-bond donors (Lipinski definition) is 0. The van der Waals surface area contributed by atoms with Crippen molar-refractivity contribution in [2.45, 2.75) is 5.33 Å². The Bertz CT molecular complexity index is 319. The molecule has 0 unspecified atom stereocenters. The molecule has 12 heavy (non-hydrogen) atoms. The van der Waals surface area contributed by atoms with Crippen molar-refractivity contribution in [3.63, 3.8) is 0 Å². The lowest BCUT2D eigenvalue weighted by molar-refractivity contribution is 0.410. The van der Waals surface area contributed by atoms with Crippen molar-refractivity contribution in [2.75, 3.05) is 7.11 Å². The molecule has 0 aliphatic heterocycles. The van der Waals surface area contributed by atoms with Gasteiger partial charge in [-0.3, -0.25) is 0 Å². The summed E-state index contributed by atoms with van der Waals surface area (Å²) in [7, 11) is 1.57. The van der Waals surface area contributed by atoms with Gasteiger partial charge in [-0.05, 0) is 0 Å². The second-order valence-electron chi connectivity index (χ2n) is 2.13. The van der Waals surface area contributed by atoms with Gasteiger partial charge in [-0.2, -0.15) is 5.26 Å². The van der Waals surface area contributed by atoms with Crippen molar-refractivity contribution in [2.24, 2.45) is 0 Å². The number of nitriles is 1. The van der Waals surface area contributed by atoms with Crippen molar-refractivity contribution in [1.29, 1.82) is 5.26 Å². The van der Waals surface area contributed by atoms with Gasteiger partial charge in [0.15, 0.2) is 0 Å². The third-order valence-electron chi connectivity index (χ3n) is 1.42. The second kappa shape index (κ2) is 4.07. The maximum atomic E-state index is 8.54. The molecule has 1 rings (SSSR count). The van der Waals surface area contributed by atoms with Crippen LogP contribution in [0.2, 0.25) is 0 Å². The largest absolute Gasteiger partial charge is 0.496 e. The lowest BCUT2D eigenvalue weighted by Gasteiger charge is -2.04. The highest BCUT2D eigenvalue weighted by atomic mass is 79.9. The number of halogens is 1. The van der Waals surface area contributed by atoms with E-state index in [9.17, 15) is 0 Å². The third kappa shape index (κ3) is 1.74. The van der Waals surface area contributed by atoms with Crippen LogP contribution in [0.3, 0.4) is 0 Å². The monoisotopic (exact) mass is 226 g/mol. The maximum Gasteiger partial charge on any atom is 0.144 e. The zero-order valence-electron chi connectivity index (χ0n) is 6.54. The quantitative estimate of drug-likeness (QED) is 0.724. The van der Waals surface area contributed by atoms with Crippen molar-refractivity contribution >= 4 is 15.9 Å². The van der Waals surface area contributed by atoms with E-state index >= 15 is 0 Å². The average molecular weight is 227 g/mol. The SMILES string of the molecule is COc1cc(C#N)ncc1CBr. The maximum absolute atomic E-state index is 8.54. The summed E-state index contributed by atoms with van der Waals surface area (Å²) in [5, 5.41) is 9.22. The molecule has 0 N–H and O–H groups in total. The molecule has 1 aromatic rings. The molecule has 0 bridgehead atoms. The van der Waals surface area contributed by atoms with E-state index < -0.39 is 0 Å². The molecule has 0 aliphatic carbocycles. The minimum absolute atomic E-state index is 0.372. The lowest BCUT2D eigenvalue weighted by atomic mass is 10.2. The van der Waals surface area contributed by atoms with Gasteiger partial charge in [0.25, 0.3) is 0 Å². The molecule has 0 radical (unpaired) electrons. The molecule has 0 aliphatic rings. The fraction of sp³-hybridized carbons (Fsp3) is 0.250. The number of ether oxygens (including phenoxy) is 1. The number of nitrogens with zero attached hydrogens (tertiary/aromatic N) is 2. The molecule has 0 aromatic carbocycles. The molecular weight excluding hydrogens is 220 g/mol. The third-order valence-corrected chi connectivity index (χ3v) is 2.03. The summed E-state index contributed by atoms with van der Waals surface area (Å²) in [5.41, 5.74) is 1.31. The summed E-state index contributed by atoms with van der Waals surface area (Å²) in [6, 6.07) is 3.57. The molecule has 0 saturated carbocycles. The standard InChI is InChI=1S/C8H7BrN2O/c1-12-8-2-7(4-10)11-5-6(8)3-9/h2,5H,3H2,1H3. The van der Waals surface area contributed by atoms with Crippen molar-refractivity contribution < 1.29 is 4.74 Å². The molecule has 0 atom stereocenters. The molecule has 1 aromatic heterocycles. The van der Waals surface area contributed by atoms with Gasteiger partial charge >= 0.3 is 0 Å². The number of methoxy groups -OCH3 is 1. The molecule has 4 heteroatoms. The number of aromatic nitrogens is 1. The second-order valence-corrected chi connectivity index (χ2v) is 2.69. The smallest absolute Gasteiger partial charge is 0.144 e. The van der Waals surface area contributed by atoms with Crippen LogP contribution < -0.4 is 4.74 Å². The lowest BCUT2D eigenvalue weighted by Crippen LogP contribution is -1.92. The van der Waals surface area contributed by atoms with E-state index in [2.05, 4.69) is 20.9 Å². The van der Waals surface area contributed by atoms with E-state index in [4.69, 9.17) is 10.00 Å². The van der Waals surface area contributed by atoms with Gasteiger partial charge in [-0.1, -0.05) is 15.9 Å². The van der Waals surface area contributed by atoms with Crippen molar-refractivity contribution in [1.82, 2.24) is 4.98 Å². The minimum atomic E-state index is 0.372. The van der Waals surface area contributed by atoms with Crippen LogP contribution in [0.5, 0.6) is 5.75 Å². The fourth-order valence-electron chi connectivity index (χ4n) is 0.817. The number of alkyl halides is 1. The number of pyridine rings is 1. The van der Waals surface area contributed by atoms with E-state index in [1.54, 1.807) is 19.4 Å². The zero-order valence-corrected chi connectivity index (χ0v) is 8.13. The first-order chi connectivity index (χ1) is 5.81. The predicted molar refractivity (Wildman–Crippen MR) is 48.1 cm³/mol. The molecule has 0 saturated heterocycles. The Balaban J connectivity index is 3.13. The first-order valence-corrected chi connectivity index (χ1v) is 4.43. The molecule has 3 nitrogen and oxygen atoms in total. The normalized spacial score (nSPS) is 9.08. The molecule has 0 amide bonds. The van der Waals surface area contributed by atoms with Crippen LogP contribution in [0.1, 0.15) is 11.3 Å². The first-order valence-electron chi connectivity index (χ1n) is 3.30. The summed E-state index contributed by atoms with van der Waals surface area (Å²) < 4.78 is 5.06. The highest BCUT2D eigenvalue weighted by Gasteiger charge is 2.02. The van der Waals surface area contributed by atoms with E-state index in [1.165, 1.54) is 0 Å². The van der Waals surface area contributed by atoms with Crippen molar-refractivity contribution in [3.8, 4) is 11.8 Å². The Morgan fingerprint density at radius 1 is 1.75 bits per heavy atom. The van der Waals surface area contributed by atoms with Gasteiger partial charge in [-0.25, -0.2) is 4.98 Å². The summed E-state index contributed by atoms with van der Waals surface area (Å²) in [4.78, 5) is 3.91. The van der Waals surface area contributed by atoms with Crippen LogP contribution in [0.25, 0.3) is 0 Å². The van der Waals surface area contributed by atoms with E-state index in [0.29, 0.717) is 16.8 Å². The van der Waals surface area contributed by atoms with Crippen LogP contribution in [0.4, 0.5) is 0 Å². The minimum Gasteiger partial charge on any atom is -0.496 e. The van der Waals surface area contributed by atoms with Gasteiger partial charge in [-0.15, -0.1) is 0 Å². The summed E-state index contributed by atoms with van der Waals surface area (Å²) in [6.07, 6.45) is 1.63. The van der Waals surface area contributed by atoms with Gasteiger partial charge in [0, 0.05) is 23.2 Å².